The van der Waals surface area contributed by atoms with Gasteiger partial charge in [-0.05, 0) is 0 Å². The Morgan fingerprint density at radius 3 is 0.600 bits per heavy atom. The zero-order chi connectivity index (χ0) is 21.8. The van der Waals surface area contributed by atoms with Gasteiger partial charge in [0.25, 0.3) is 0 Å². The Hall–Kier alpha value is 0.818. The van der Waals surface area contributed by atoms with Gasteiger partial charge in [-0.25, -0.2) is 0 Å². The van der Waals surface area contributed by atoms with Crippen LogP contribution >= 0.6 is 0 Å². The summed E-state index contributed by atoms with van der Waals surface area (Å²) >= 11 is 1.47. The van der Waals surface area contributed by atoms with Crippen molar-refractivity contribution in [3.8, 4) is 0 Å². The van der Waals surface area contributed by atoms with Gasteiger partial charge in [0.2, 0.25) is 0 Å². The molecule has 0 radical (unpaired) electrons. The molecule has 0 saturated carbocycles. The van der Waals surface area contributed by atoms with Crippen LogP contribution in [0.3, 0.4) is 0 Å². The Morgan fingerprint density at radius 2 is 0.433 bits per heavy atom. The first-order valence-electron chi connectivity index (χ1n) is 14.6. The van der Waals surface area contributed by atoms with E-state index in [1.807, 2.05) is 0 Å². The summed E-state index contributed by atoms with van der Waals surface area (Å²) in [5.41, 5.74) is 0. The third-order valence-corrected chi connectivity index (χ3v) is 7.97. The third-order valence-electron chi connectivity index (χ3n) is 6.81. The summed E-state index contributed by atoms with van der Waals surface area (Å²) in [5.74, 6) is 0. The van der Waals surface area contributed by atoms with Crippen molar-refractivity contribution in [1.82, 2.24) is 0 Å². The molecule has 0 aromatic heterocycles. The molecule has 0 atom stereocenters. The molecule has 0 aromatic carbocycles. The van der Waals surface area contributed by atoms with E-state index in [0.717, 1.165) is 0 Å². The molecule has 0 aliphatic rings. The van der Waals surface area contributed by atoms with Crippen LogP contribution in [0, 0.1) is 0 Å². The van der Waals surface area contributed by atoms with Crippen LogP contribution in [0.1, 0.15) is 180 Å². The van der Waals surface area contributed by atoms with Gasteiger partial charge in [0.05, 0.1) is 0 Å². The van der Waals surface area contributed by atoms with Crippen LogP contribution in [0.5, 0.6) is 0 Å². The Morgan fingerprint density at radius 1 is 0.267 bits per heavy atom. The summed E-state index contributed by atoms with van der Waals surface area (Å²) in [6, 6.07) is 0. The fourth-order valence-electron chi connectivity index (χ4n) is 4.64. The minimum absolute atomic E-state index is 1.38. The molecule has 0 amide bonds. The van der Waals surface area contributed by atoms with Crippen LogP contribution in [-0.4, -0.2) is 23.0 Å². The Kier molecular flexibility index (Phi) is 30.6. The molecule has 30 heavy (non-hydrogen) atoms. The van der Waals surface area contributed by atoms with Gasteiger partial charge in [-0.2, -0.15) is 0 Å². The average Bonchev–Trinajstić information content (AvgIpc) is 2.76. The van der Waals surface area contributed by atoms with Crippen LogP contribution < -0.4 is 0 Å². The first-order valence-corrected chi connectivity index (χ1v) is 16.9. The van der Waals surface area contributed by atoms with Crippen molar-refractivity contribution in [1.29, 1.82) is 0 Å². The fourth-order valence-corrected chi connectivity index (χ4v) is 5.46. The topological polar surface area (TPSA) is 0 Å². The molecule has 0 aliphatic heterocycles. The second kappa shape index (κ2) is 29.8. The van der Waals surface area contributed by atoms with E-state index in [0.29, 0.717) is 0 Å². The van der Waals surface area contributed by atoms with Gasteiger partial charge in [-0.1, -0.05) is 110 Å². The van der Waals surface area contributed by atoms with Gasteiger partial charge >= 0.3 is 98.0 Å². The Balaban J connectivity index is 2.97. The van der Waals surface area contributed by atoms with Crippen LogP contribution in [0.25, 0.3) is 0 Å². The van der Waals surface area contributed by atoms with Crippen molar-refractivity contribution in [3.05, 3.63) is 0 Å². The fraction of sp³-hybridized carbons (Fsp3) is 1.00. The second-order valence-electron chi connectivity index (χ2n) is 9.98. The van der Waals surface area contributed by atoms with Crippen LogP contribution in [0.2, 0.25) is 4.37 Å². The van der Waals surface area contributed by atoms with Crippen LogP contribution in [0.4, 0.5) is 0 Å². The monoisotopic (exact) mass is 530 g/mol. The van der Waals surface area contributed by atoms with Crippen molar-refractivity contribution in [2.45, 2.75) is 185 Å². The minimum atomic E-state index is 1.38. The third kappa shape index (κ3) is 28.8. The molecule has 0 fully saturated rings. The summed E-state index contributed by atoms with van der Waals surface area (Å²) in [6.07, 6.45) is 40.2. The molecular weight excluding hydrogens is 470 g/mol. The first-order chi connectivity index (χ1) is 14.9. The van der Waals surface area contributed by atoms with E-state index in [4.69, 9.17) is 0 Å². The van der Waals surface area contributed by atoms with E-state index in [-0.39, 0.29) is 0 Å². The molecule has 0 saturated heterocycles. The molecule has 182 valence electrons. The number of rotatable bonds is 27. The molecule has 0 aliphatic carbocycles. The molecule has 0 bridgehead atoms. The van der Waals surface area contributed by atoms with Gasteiger partial charge < -0.3 is 0 Å². The number of hydrogen-bond donors (Lipinski definition) is 0. The van der Waals surface area contributed by atoms with Crippen molar-refractivity contribution in [2.75, 3.05) is 0 Å². The van der Waals surface area contributed by atoms with Crippen molar-refractivity contribution >= 4 is 23.0 Å². The first kappa shape index (κ1) is 30.8. The molecule has 0 N–H and O–H groups in total. The summed E-state index contributed by atoms with van der Waals surface area (Å²) in [6.45, 7) is 2.31. The standard InChI is InChI=1S/C29H59.Sb.2H/c1-3-5-7-9-11-13-15-17-19-21-23-25-27-29-28-26-24-22-20-18-16-14-12-10-8-6-4-2;;;/h1,3-29H2,2H3;;;. The van der Waals surface area contributed by atoms with Crippen molar-refractivity contribution in [2.24, 2.45) is 0 Å². The Bertz CT molecular complexity index is 248. The normalized spacial score (nSPS) is 11.4. The average molecular weight is 532 g/mol. The van der Waals surface area contributed by atoms with Gasteiger partial charge in [-0.3, -0.25) is 0 Å². The van der Waals surface area contributed by atoms with Gasteiger partial charge in [0, 0.05) is 0 Å². The summed E-state index contributed by atoms with van der Waals surface area (Å²) in [7, 11) is 0. The van der Waals surface area contributed by atoms with Gasteiger partial charge in [-0.15, -0.1) is 0 Å². The summed E-state index contributed by atoms with van der Waals surface area (Å²) in [4.78, 5) is 0. The van der Waals surface area contributed by atoms with Gasteiger partial charge in [0.1, 0.15) is 0 Å². The van der Waals surface area contributed by atoms with E-state index >= 15 is 0 Å². The quantitative estimate of drug-likeness (QED) is 0.0731. The van der Waals surface area contributed by atoms with E-state index in [2.05, 4.69) is 6.92 Å². The van der Waals surface area contributed by atoms with E-state index in [9.17, 15) is 0 Å². The van der Waals surface area contributed by atoms with Crippen LogP contribution in [-0.2, 0) is 0 Å². The molecule has 0 aromatic rings. The molecule has 1 heteroatoms. The molecule has 0 heterocycles. The zero-order valence-electron chi connectivity index (χ0n) is 21.4. The molecule has 0 rings (SSSR count). The molecule has 0 nitrogen and oxygen atoms in total. The predicted molar refractivity (Wildman–Crippen MR) is 144 cm³/mol. The second-order valence-corrected chi connectivity index (χ2v) is 11.6. The van der Waals surface area contributed by atoms with E-state index < -0.39 is 0 Å². The SMILES string of the molecule is CCCCCCCCCCCCCCCCCCCCCCCCCCCC[CH2][SbH2]. The predicted octanol–water partition coefficient (Wildman–Crippen LogP) is 10.6. The van der Waals surface area contributed by atoms with Crippen molar-refractivity contribution < 1.29 is 0 Å². The number of hydrogen-bond acceptors (Lipinski definition) is 0. The molecule has 0 unspecified atom stereocenters. The van der Waals surface area contributed by atoms with Crippen molar-refractivity contribution in [3.63, 3.8) is 0 Å². The van der Waals surface area contributed by atoms with Gasteiger partial charge in [0.15, 0.2) is 0 Å². The summed E-state index contributed by atoms with van der Waals surface area (Å²) in [5, 5.41) is 0. The number of unbranched alkanes of at least 4 members (excludes halogenated alkanes) is 26. The van der Waals surface area contributed by atoms with E-state index in [1.54, 1.807) is 0 Å². The maximum absolute atomic E-state index is 2.31. The molecular formula is C29H61Sb. The maximum atomic E-state index is 2.31. The molecule has 0 spiro atoms. The Labute approximate surface area is 207 Å². The summed E-state index contributed by atoms with van der Waals surface area (Å²) < 4.78 is 1.50. The van der Waals surface area contributed by atoms with Crippen LogP contribution in [0.15, 0.2) is 0 Å². The zero-order valence-corrected chi connectivity index (χ0v) is 24.7. The van der Waals surface area contributed by atoms with E-state index in [1.165, 1.54) is 201 Å².